The second-order valence-electron chi connectivity index (χ2n) is 5.57. The Morgan fingerprint density at radius 3 is 2.73 bits per heavy atom. The Bertz CT molecular complexity index is 724. The van der Waals surface area contributed by atoms with Crippen molar-refractivity contribution in [3.8, 4) is 5.75 Å². The van der Waals surface area contributed by atoms with E-state index in [0.717, 1.165) is 46.4 Å². The van der Waals surface area contributed by atoms with Crippen molar-refractivity contribution in [1.82, 2.24) is 9.88 Å². The fourth-order valence-electron chi connectivity index (χ4n) is 2.83. The van der Waals surface area contributed by atoms with Gasteiger partial charge in [0.25, 0.3) is 0 Å². The molecule has 0 fully saturated rings. The van der Waals surface area contributed by atoms with E-state index in [4.69, 9.17) is 4.74 Å². The summed E-state index contributed by atoms with van der Waals surface area (Å²) in [7, 11) is 3.59. The molecular weight excluding hydrogens is 279 g/mol. The highest BCUT2D eigenvalue weighted by atomic mass is 19.1. The predicted octanol–water partition coefficient (Wildman–Crippen LogP) is 4.20. The van der Waals surface area contributed by atoms with Gasteiger partial charge >= 0.3 is 0 Å². The smallest absolute Gasteiger partial charge is 0.130 e. The zero-order valence-electron chi connectivity index (χ0n) is 12.6. The van der Waals surface area contributed by atoms with Crippen LogP contribution in [-0.2, 0) is 0 Å². The van der Waals surface area contributed by atoms with E-state index < -0.39 is 0 Å². The predicted molar refractivity (Wildman–Crippen MR) is 89.9 cm³/mol. The number of likely N-dealkylation sites (N-methyl/N-ethyl adjacent to an activating group) is 1. The lowest BCUT2D eigenvalue weighted by Gasteiger charge is -2.24. The van der Waals surface area contributed by atoms with E-state index in [1.807, 2.05) is 43.1 Å². The Morgan fingerprint density at radius 2 is 2.05 bits per heavy atom. The monoisotopic (exact) mass is 302 g/mol. The summed E-state index contributed by atoms with van der Waals surface area (Å²) in [6.07, 6.45) is 0.732. The highest BCUT2D eigenvalue weighted by Crippen LogP contribution is 2.32. The first-order valence-corrected chi connectivity index (χ1v) is 7.10. The number of pyridine rings is 1. The van der Waals surface area contributed by atoms with E-state index in [2.05, 4.69) is 4.98 Å². The van der Waals surface area contributed by atoms with E-state index in [1.165, 1.54) is 0 Å². The van der Waals surface area contributed by atoms with Crippen LogP contribution in [0.3, 0.4) is 0 Å². The van der Waals surface area contributed by atoms with E-state index in [1.54, 1.807) is 7.11 Å². The molecule has 1 aromatic carbocycles. The Labute approximate surface area is 131 Å². The molecule has 4 heteroatoms. The van der Waals surface area contributed by atoms with Crippen LogP contribution in [0.5, 0.6) is 5.75 Å². The molecule has 1 aliphatic heterocycles. The maximum Gasteiger partial charge on any atom is 0.130 e. The van der Waals surface area contributed by atoms with Crippen molar-refractivity contribution in [2.75, 3.05) is 27.2 Å². The summed E-state index contributed by atoms with van der Waals surface area (Å²) >= 11 is 0. The SMILES string of the molecule is C.COc1cc(C)nc2ccc(C3=C(F)CN(C)CC3)cc12. The average Bonchev–Trinajstić information content (AvgIpc) is 2.46. The van der Waals surface area contributed by atoms with Gasteiger partial charge in [0.2, 0.25) is 0 Å². The van der Waals surface area contributed by atoms with Crippen molar-refractivity contribution in [2.24, 2.45) is 0 Å². The van der Waals surface area contributed by atoms with E-state index >= 15 is 0 Å². The van der Waals surface area contributed by atoms with Crippen molar-refractivity contribution < 1.29 is 9.13 Å². The normalized spacial score (nSPS) is 15.8. The second-order valence-corrected chi connectivity index (χ2v) is 5.57. The van der Waals surface area contributed by atoms with Crippen LogP contribution in [0.1, 0.15) is 25.1 Å². The van der Waals surface area contributed by atoms with Gasteiger partial charge in [0.15, 0.2) is 0 Å². The third-order valence-electron chi connectivity index (χ3n) is 3.95. The Hall–Kier alpha value is -1.94. The minimum atomic E-state index is -0.0397. The van der Waals surface area contributed by atoms with Crippen molar-refractivity contribution >= 4 is 16.5 Å². The van der Waals surface area contributed by atoms with E-state index in [-0.39, 0.29) is 13.3 Å². The van der Waals surface area contributed by atoms with Crippen LogP contribution < -0.4 is 4.74 Å². The number of aryl methyl sites for hydroxylation is 1. The molecule has 0 atom stereocenters. The summed E-state index contributed by atoms with van der Waals surface area (Å²) in [5.41, 5.74) is 3.52. The number of hydrogen-bond acceptors (Lipinski definition) is 3. The van der Waals surface area contributed by atoms with Crippen molar-refractivity contribution in [3.05, 3.63) is 41.3 Å². The van der Waals surface area contributed by atoms with Crippen LogP contribution in [0.2, 0.25) is 0 Å². The largest absolute Gasteiger partial charge is 0.496 e. The van der Waals surface area contributed by atoms with Gasteiger partial charge in [-0.25, -0.2) is 4.39 Å². The minimum absolute atomic E-state index is 0. The van der Waals surface area contributed by atoms with Crippen molar-refractivity contribution in [2.45, 2.75) is 20.8 Å². The van der Waals surface area contributed by atoms with Gasteiger partial charge in [-0.2, -0.15) is 0 Å². The van der Waals surface area contributed by atoms with Gasteiger partial charge in [-0.05, 0) is 43.7 Å². The van der Waals surface area contributed by atoms with Gasteiger partial charge in [-0.15, -0.1) is 0 Å². The highest BCUT2D eigenvalue weighted by Gasteiger charge is 2.18. The molecule has 2 aromatic rings. The maximum atomic E-state index is 14.2. The van der Waals surface area contributed by atoms with Gasteiger partial charge in [0, 0.05) is 23.7 Å². The molecule has 1 aromatic heterocycles. The highest BCUT2D eigenvalue weighted by molar-refractivity contribution is 5.89. The number of ether oxygens (including phenoxy) is 1. The average molecular weight is 302 g/mol. The molecule has 0 bridgehead atoms. The van der Waals surface area contributed by atoms with Crippen LogP contribution in [0, 0.1) is 6.92 Å². The lowest BCUT2D eigenvalue weighted by atomic mass is 9.97. The molecule has 22 heavy (non-hydrogen) atoms. The van der Waals surface area contributed by atoms with Crippen LogP contribution in [0.15, 0.2) is 30.1 Å². The number of hydrogen-bond donors (Lipinski definition) is 0. The molecule has 0 radical (unpaired) electrons. The molecule has 118 valence electrons. The summed E-state index contributed by atoms with van der Waals surface area (Å²) in [5.74, 6) is 0.746. The first-order valence-electron chi connectivity index (χ1n) is 7.10. The van der Waals surface area contributed by atoms with Crippen molar-refractivity contribution in [3.63, 3.8) is 0 Å². The number of rotatable bonds is 2. The summed E-state index contributed by atoms with van der Waals surface area (Å²) in [4.78, 5) is 6.49. The minimum Gasteiger partial charge on any atom is -0.496 e. The molecule has 1 aliphatic rings. The first-order chi connectivity index (χ1) is 10.1. The maximum absolute atomic E-state index is 14.2. The molecule has 0 saturated heterocycles. The molecule has 0 saturated carbocycles. The fourth-order valence-corrected chi connectivity index (χ4v) is 2.83. The van der Waals surface area contributed by atoms with E-state index in [9.17, 15) is 4.39 Å². The summed E-state index contributed by atoms with van der Waals surface area (Å²) in [6, 6.07) is 7.79. The molecule has 2 heterocycles. The molecule has 3 nitrogen and oxygen atoms in total. The van der Waals surface area contributed by atoms with Gasteiger partial charge < -0.3 is 4.74 Å². The number of nitrogens with zero attached hydrogens (tertiary/aromatic N) is 2. The first kappa shape index (κ1) is 16.4. The van der Waals surface area contributed by atoms with Crippen LogP contribution in [0.4, 0.5) is 4.39 Å². The quantitative estimate of drug-likeness (QED) is 0.831. The fraction of sp³-hybridized carbons (Fsp3) is 0.389. The second kappa shape index (κ2) is 6.44. The van der Waals surface area contributed by atoms with Gasteiger partial charge in [-0.3, -0.25) is 9.88 Å². The van der Waals surface area contributed by atoms with Gasteiger partial charge in [0.1, 0.15) is 11.6 Å². The summed E-state index contributed by atoms with van der Waals surface area (Å²) in [6.45, 7) is 3.20. The Balaban J connectivity index is 0.00000176. The number of benzene rings is 1. The third kappa shape index (κ3) is 2.97. The third-order valence-corrected chi connectivity index (χ3v) is 3.95. The standard InChI is InChI=1S/C17H19FN2O.CH4/c1-11-8-17(21-3)14-9-12(4-5-16(14)19-11)13-6-7-20(2)10-15(13)18;/h4-5,8-9H,6-7,10H2,1-3H3;1H4. The molecule has 3 rings (SSSR count). The van der Waals surface area contributed by atoms with Crippen LogP contribution in [0.25, 0.3) is 16.5 Å². The molecule has 0 N–H and O–H groups in total. The molecule has 0 amide bonds. The van der Waals surface area contributed by atoms with E-state index in [0.29, 0.717) is 6.54 Å². The van der Waals surface area contributed by atoms with Gasteiger partial charge in [-0.1, -0.05) is 13.5 Å². The van der Waals surface area contributed by atoms with Gasteiger partial charge in [0.05, 0.1) is 19.2 Å². The number of aromatic nitrogens is 1. The lowest BCUT2D eigenvalue weighted by Crippen LogP contribution is -2.26. The number of fused-ring (bicyclic) bond motifs is 1. The topological polar surface area (TPSA) is 25.4 Å². The van der Waals surface area contributed by atoms with Crippen LogP contribution in [-0.4, -0.2) is 37.1 Å². The summed E-state index contributed by atoms with van der Waals surface area (Å²) in [5, 5.41) is 0.930. The molecule has 0 aliphatic carbocycles. The number of halogens is 1. The Morgan fingerprint density at radius 1 is 1.27 bits per heavy atom. The molecule has 0 unspecified atom stereocenters. The van der Waals surface area contributed by atoms with Crippen molar-refractivity contribution in [1.29, 1.82) is 0 Å². The molecular formula is C18H23FN2O. The summed E-state index contributed by atoms with van der Waals surface area (Å²) < 4.78 is 19.7. The zero-order valence-corrected chi connectivity index (χ0v) is 12.6. The van der Waals surface area contributed by atoms with Crippen LogP contribution >= 0.6 is 0 Å². The zero-order chi connectivity index (χ0) is 15.0. The molecule has 0 spiro atoms. The number of methoxy groups -OCH3 is 1. The Kier molecular flexibility index (Phi) is 4.81. The lowest BCUT2D eigenvalue weighted by molar-refractivity contribution is 0.327.